The number of rotatable bonds is 3. The van der Waals surface area contributed by atoms with Gasteiger partial charge in [-0.15, -0.1) is 0 Å². The molecule has 2 aliphatic heterocycles. The number of benzene rings is 2. The third-order valence-electron chi connectivity index (χ3n) is 4.28. The number of hydrogen-bond acceptors (Lipinski definition) is 4. The molecule has 6 nitrogen and oxygen atoms in total. The lowest BCUT2D eigenvalue weighted by molar-refractivity contribution is -0.122. The van der Waals surface area contributed by atoms with E-state index in [0.717, 1.165) is 10.2 Å². The van der Waals surface area contributed by atoms with Gasteiger partial charge in [0.2, 0.25) is 18.6 Å². The highest BCUT2D eigenvalue weighted by Crippen LogP contribution is 2.35. The molecule has 2 heterocycles. The molecular weight excluding hydrogens is 388 g/mol. The van der Waals surface area contributed by atoms with Gasteiger partial charge in [0.1, 0.15) is 0 Å². The molecule has 0 spiro atoms. The fraction of sp³-hybridized carbons (Fsp3) is 0.222. The van der Waals surface area contributed by atoms with E-state index < -0.39 is 5.92 Å². The van der Waals surface area contributed by atoms with Gasteiger partial charge in [0.25, 0.3) is 0 Å². The third-order valence-corrected chi connectivity index (χ3v) is 4.95. The van der Waals surface area contributed by atoms with Gasteiger partial charge in [0.05, 0.1) is 11.6 Å². The highest BCUT2D eigenvalue weighted by Gasteiger charge is 2.35. The van der Waals surface area contributed by atoms with Crippen molar-refractivity contribution in [2.45, 2.75) is 6.42 Å². The van der Waals surface area contributed by atoms with Crippen molar-refractivity contribution in [3.05, 3.63) is 46.9 Å². The fourth-order valence-corrected chi connectivity index (χ4v) is 3.50. The topological polar surface area (TPSA) is 67.9 Å². The summed E-state index contributed by atoms with van der Waals surface area (Å²) in [6.07, 6.45) is 0.192. The molecule has 0 aliphatic carbocycles. The zero-order valence-electron chi connectivity index (χ0n) is 13.2. The lowest BCUT2D eigenvalue weighted by Crippen LogP contribution is -2.28. The van der Waals surface area contributed by atoms with Crippen molar-refractivity contribution in [2.24, 2.45) is 5.92 Å². The quantitative estimate of drug-likeness (QED) is 0.855. The number of hydrogen-bond donors (Lipinski definition) is 1. The van der Waals surface area contributed by atoms with E-state index in [2.05, 4.69) is 21.2 Å². The number of carbonyl (C=O) groups is 2. The van der Waals surface area contributed by atoms with Crippen LogP contribution in [0.2, 0.25) is 0 Å². The van der Waals surface area contributed by atoms with Crippen LogP contribution in [0.5, 0.6) is 11.5 Å². The Labute approximate surface area is 152 Å². The van der Waals surface area contributed by atoms with Gasteiger partial charge in [-0.2, -0.15) is 0 Å². The van der Waals surface area contributed by atoms with Gasteiger partial charge < -0.3 is 19.7 Å². The molecule has 0 saturated carbocycles. The molecule has 1 fully saturated rings. The molecule has 128 valence electrons. The Kier molecular flexibility index (Phi) is 4.09. The summed E-state index contributed by atoms with van der Waals surface area (Å²) in [5.41, 5.74) is 1.41. The maximum absolute atomic E-state index is 12.5. The van der Waals surface area contributed by atoms with Crippen molar-refractivity contribution in [1.82, 2.24) is 0 Å². The van der Waals surface area contributed by atoms with Crippen LogP contribution in [-0.2, 0) is 9.59 Å². The van der Waals surface area contributed by atoms with Gasteiger partial charge >= 0.3 is 0 Å². The summed E-state index contributed by atoms with van der Waals surface area (Å²) in [6, 6.07) is 12.7. The van der Waals surface area contributed by atoms with E-state index in [-0.39, 0.29) is 25.0 Å². The number of amides is 2. The van der Waals surface area contributed by atoms with Gasteiger partial charge in [-0.3, -0.25) is 9.59 Å². The van der Waals surface area contributed by atoms with Crippen LogP contribution in [0.3, 0.4) is 0 Å². The Hall–Kier alpha value is -2.54. The van der Waals surface area contributed by atoms with Crippen LogP contribution in [0.15, 0.2) is 46.9 Å². The van der Waals surface area contributed by atoms with Crippen molar-refractivity contribution in [3.8, 4) is 11.5 Å². The highest BCUT2D eigenvalue weighted by molar-refractivity contribution is 9.10. The van der Waals surface area contributed by atoms with Crippen LogP contribution < -0.4 is 19.7 Å². The summed E-state index contributed by atoms with van der Waals surface area (Å²) in [7, 11) is 0. The molecule has 0 radical (unpaired) electrons. The van der Waals surface area contributed by atoms with Crippen LogP contribution in [0.25, 0.3) is 0 Å². The number of anilines is 2. The minimum atomic E-state index is -0.398. The predicted molar refractivity (Wildman–Crippen MR) is 95.8 cm³/mol. The third kappa shape index (κ3) is 3.07. The minimum absolute atomic E-state index is 0.0577. The summed E-state index contributed by atoms with van der Waals surface area (Å²) in [6.45, 7) is 0.544. The molecule has 2 amide bonds. The molecule has 25 heavy (non-hydrogen) atoms. The fourth-order valence-electron chi connectivity index (χ4n) is 3.01. The number of nitrogens with one attached hydrogen (secondary N) is 1. The lowest BCUT2D eigenvalue weighted by Gasteiger charge is -2.18. The second kappa shape index (κ2) is 6.40. The smallest absolute Gasteiger partial charge is 0.231 e. The Morgan fingerprint density at radius 1 is 1.16 bits per heavy atom. The molecule has 1 atom stereocenters. The van der Waals surface area contributed by atoms with Crippen molar-refractivity contribution >= 4 is 39.1 Å². The van der Waals surface area contributed by atoms with Crippen molar-refractivity contribution < 1.29 is 19.1 Å². The highest BCUT2D eigenvalue weighted by atomic mass is 79.9. The standard InChI is InChI=1S/C18H15BrN2O4/c19-13-3-1-2-4-14(13)21-9-11(7-17(21)22)18(23)20-12-5-6-15-16(8-12)25-10-24-15/h1-6,8,11H,7,9-10H2,(H,20,23)/t11-/m0/s1. The van der Waals surface area contributed by atoms with E-state index in [9.17, 15) is 9.59 Å². The zero-order chi connectivity index (χ0) is 17.4. The first-order valence-electron chi connectivity index (χ1n) is 7.87. The first-order valence-corrected chi connectivity index (χ1v) is 8.66. The average Bonchev–Trinajstić information content (AvgIpc) is 3.21. The summed E-state index contributed by atoms with van der Waals surface area (Å²) in [5.74, 6) is 0.633. The molecule has 2 aromatic carbocycles. The van der Waals surface area contributed by atoms with Gasteiger partial charge in [0.15, 0.2) is 11.5 Å². The molecule has 2 aliphatic rings. The van der Waals surface area contributed by atoms with Crippen LogP contribution in [-0.4, -0.2) is 25.2 Å². The van der Waals surface area contributed by atoms with Gasteiger partial charge in [-0.25, -0.2) is 0 Å². The van der Waals surface area contributed by atoms with Gasteiger partial charge in [-0.1, -0.05) is 12.1 Å². The summed E-state index contributed by atoms with van der Waals surface area (Å²) in [5, 5.41) is 2.86. The monoisotopic (exact) mass is 402 g/mol. The second-order valence-electron chi connectivity index (χ2n) is 5.91. The zero-order valence-corrected chi connectivity index (χ0v) is 14.8. The number of ether oxygens (including phenoxy) is 2. The SMILES string of the molecule is O=C(Nc1ccc2c(c1)OCO2)[C@H]1CC(=O)N(c2ccccc2Br)C1. The minimum Gasteiger partial charge on any atom is -0.454 e. The van der Waals surface area contributed by atoms with Crippen LogP contribution >= 0.6 is 15.9 Å². The van der Waals surface area contributed by atoms with E-state index in [0.29, 0.717) is 23.7 Å². The lowest BCUT2D eigenvalue weighted by atomic mass is 10.1. The van der Waals surface area contributed by atoms with E-state index >= 15 is 0 Å². The summed E-state index contributed by atoms with van der Waals surface area (Å²) >= 11 is 3.45. The molecule has 2 aromatic rings. The Morgan fingerprint density at radius 3 is 2.80 bits per heavy atom. The van der Waals surface area contributed by atoms with Crippen molar-refractivity contribution in [3.63, 3.8) is 0 Å². The molecule has 1 saturated heterocycles. The number of nitrogens with zero attached hydrogens (tertiary/aromatic N) is 1. The van der Waals surface area contributed by atoms with E-state index in [4.69, 9.17) is 9.47 Å². The first kappa shape index (κ1) is 16.0. The van der Waals surface area contributed by atoms with E-state index in [1.165, 1.54) is 0 Å². The van der Waals surface area contributed by atoms with Crippen LogP contribution in [0, 0.1) is 5.92 Å². The first-order chi connectivity index (χ1) is 12.1. The van der Waals surface area contributed by atoms with Crippen molar-refractivity contribution in [2.75, 3.05) is 23.6 Å². The summed E-state index contributed by atoms with van der Waals surface area (Å²) < 4.78 is 11.4. The van der Waals surface area contributed by atoms with Gasteiger partial charge in [-0.05, 0) is 40.2 Å². The second-order valence-corrected chi connectivity index (χ2v) is 6.77. The maximum Gasteiger partial charge on any atom is 0.231 e. The average molecular weight is 403 g/mol. The van der Waals surface area contributed by atoms with Crippen molar-refractivity contribution in [1.29, 1.82) is 0 Å². The molecule has 4 rings (SSSR count). The largest absolute Gasteiger partial charge is 0.454 e. The predicted octanol–water partition coefficient (Wildman–Crippen LogP) is 3.17. The number of para-hydroxylation sites is 1. The van der Waals surface area contributed by atoms with E-state index in [1.807, 2.05) is 24.3 Å². The Balaban J connectivity index is 1.47. The normalized spacial score (nSPS) is 18.5. The Bertz CT molecular complexity index is 855. The molecular formula is C18H15BrN2O4. The molecule has 7 heteroatoms. The van der Waals surface area contributed by atoms with E-state index in [1.54, 1.807) is 23.1 Å². The number of halogens is 1. The molecule has 0 aromatic heterocycles. The molecule has 0 unspecified atom stereocenters. The molecule has 0 bridgehead atoms. The van der Waals surface area contributed by atoms with Crippen LogP contribution in [0.1, 0.15) is 6.42 Å². The van der Waals surface area contributed by atoms with Gasteiger partial charge in [0, 0.05) is 29.2 Å². The maximum atomic E-state index is 12.5. The number of fused-ring (bicyclic) bond motifs is 1. The number of carbonyl (C=O) groups excluding carboxylic acids is 2. The van der Waals surface area contributed by atoms with Crippen LogP contribution in [0.4, 0.5) is 11.4 Å². The molecule has 1 N–H and O–H groups in total. The summed E-state index contributed by atoms with van der Waals surface area (Å²) in [4.78, 5) is 26.5. The Morgan fingerprint density at radius 2 is 1.96 bits per heavy atom.